The largest absolute Gasteiger partial charge is 0.203 e. The van der Waals surface area contributed by atoms with Crippen molar-refractivity contribution in [2.45, 2.75) is 29.3 Å². The third-order valence-corrected chi connectivity index (χ3v) is 12.8. The molecule has 1 radical (unpaired) electrons. The highest BCUT2D eigenvalue weighted by Crippen LogP contribution is 2.98. The summed E-state index contributed by atoms with van der Waals surface area (Å²) in [5, 5.41) is -0.715. The van der Waals surface area contributed by atoms with Crippen LogP contribution in [0, 0.1) is 16.2 Å². The molecule has 2 aliphatic carbocycles. The van der Waals surface area contributed by atoms with Crippen LogP contribution in [0.3, 0.4) is 0 Å². The van der Waals surface area contributed by atoms with E-state index in [0.717, 1.165) is 0 Å². The minimum atomic E-state index is -2.81. The normalized spacial score (nSPS) is 37.7. The van der Waals surface area contributed by atoms with Gasteiger partial charge < -0.3 is 0 Å². The van der Waals surface area contributed by atoms with E-state index in [2.05, 4.69) is 0 Å². The van der Waals surface area contributed by atoms with Gasteiger partial charge in [0.2, 0.25) is 11.4 Å². The van der Waals surface area contributed by atoms with Gasteiger partial charge in [-0.05, 0) is 0 Å². The van der Waals surface area contributed by atoms with E-state index < -0.39 is 45.5 Å². The molecule has 0 saturated heterocycles. The summed E-state index contributed by atoms with van der Waals surface area (Å²) in [5.41, 5.74) is -5.54. The summed E-state index contributed by atoms with van der Waals surface area (Å²) in [6.07, 6.45) is 0. The molecule has 2 rings (SSSR count). The Morgan fingerprint density at radius 3 is 1.07 bits per heavy atom. The van der Waals surface area contributed by atoms with E-state index in [9.17, 15) is 0 Å². The van der Waals surface area contributed by atoms with E-state index in [-0.39, 0.29) is 0 Å². The van der Waals surface area contributed by atoms with Crippen molar-refractivity contribution in [1.82, 2.24) is 0 Å². The van der Waals surface area contributed by atoms with Crippen LogP contribution < -0.4 is 0 Å². The Labute approximate surface area is 239 Å². The van der Waals surface area contributed by atoms with Crippen molar-refractivity contribution in [2.24, 2.45) is 10.8 Å². The highest BCUT2D eigenvalue weighted by atomic mass is 35.6. The summed E-state index contributed by atoms with van der Waals surface area (Å²) < 4.78 is -16.2. The highest BCUT2D eigenvalue weighted by molar-refractivity contribution is 6.80. The zero-order chi connectivity index (χ0) is 22.1. The second-order valence-electron chi connectivity index (χ2n) is 5.69. The summed E-state index contributed by atoms with van der Waals surface area (Å²) in [6.45, 7) is 0. The third-order valence-electron chi connectivity index (χ3n) is 4.69. The van der Waals surface area contributed by atoms with Gasteiger partial charge in [0, 0.05) is 0 Å². The van der Waals surface area contributed by atoms with Crippen LogP contribution >= 0.6 is 197 Å². The van der Waals surface area contributed by atoms with Crippen LogP contribution in [0.25, 0.3) is 0 Å². The van der Waals surface area contributed by atoms with Crippen LogP contribution in [0.5, 0.6) is 0 Å². The lowest BCUT2D eigenvalue weighted by atomic mass is 9.68. The summed E-state index contributed by atoms with van der Waals surface area (Å²) in [5.74, 6) is 0. The summed E-state index contributed by atoms with van der Waals surface area (Å²) in [6, 6.07) is 0. The fourth-order valence-electron chi connectivity index (χ4n) is 3.79. The number of alkyl halides is 16. The van der Waals surface area contributed by atoms with Crippen LogP contribution in [0.15, 0.2) is 0 Å². The predicted octanol–water partition coefficient (Wildman–Crippen LogP) is 10.4. The van der Waals surface area contributed by atoms with Crippen molar-refractivity contribution in [1.29, 1.82) is 0 Å². The van der Waals surface area contributed by atoms with Gasteiger partial charge in [-0.2, -0.15) is 0 Å². The first-order valence-corrected chi connectivity index (χ1v) is 12.4. The van der Waals surface area contributed by atoms with Crippen LogP contribution in [0.1, 0.15) is 0 Å². The molecule has 0 nitrogen and oxygen atoms in total. The van der Waals surface area contributed by atoms with Gasteiger partial charge in [0.15, 0.2) is 13.0 Å². The third kappa shape index (κ3) is 2.70. The van der Waals surface area contributed by atoms with Crippen LogP contribution in [-0.4, -0.2) is 29.3 Å². The number of hydrogen-bond donors (Lipinski definition) is 0. The smallest absolute Gasteiger partial charge is 0.113 e. The monoisotopic (exact) mass is 714 g/mol. The minimum absolute atomic E-state index is 0.715. The van der Waals surface area contributed by atoms with Crippen molar-refractivity contribution >= 4 is 197 Å². The zero-order valence-corrected chi connectivity index (χ0v) is 24.3. The Morgan fingerprint density at radius 1 is 0.519 bits per heavy atom. The minimum Gasteiger partial charge on any atom is -0.113 e. The summed E-state index contributed by atoms with van der Waals surface area (Å²) in [4.78, 5) is -2.74. The van der Waals surface area contributed by atoms with E-state index in [4.69, 9.17) is 197 Å². The van der Waals surface area contributed by atoms with Gasteiger partial charge >= 0.3 is 0 Å². The topological polar surface area (TPSA) is 0 Å². The molecule has 2 bridgehead atoms. The maximum absolute atomic E-state index is 6.76. The molecular weight excluding hydrogens is 723 g/mol. The van der Waals surface area contributed by atoms with Crippen molar-refractivity contribution in [3.05, 3.63) is 5.38 Å². The summed E-state index contributed by atoms with van der Waals surface area (Å²) >= 11 is 108. The van der Waals surface area contributed by atoms with Gasteiger partial charge in [-0.1, -0.05) is 174 Å². The maximum atomic E-state index is 6.76. The van der Waals surface area contributed by atoms with E-state index in [1.807, 2.05) is 0 Å². The fourth-order valence-corrected chi connectivity index (χ4v) is 13.0. The van der Waals surface area contributed by atoms with Crippen LogP contribution in [-0.2, 0) is 0 Å². The number of fused-ring (bicyclic) bond motifs is 2. The van der Waals surface area contributed by atoms with Gasteiger partial charge in [0.1, 0.15) is 15.7 Å². The van der Waals surface area contributed by atoms with Crippen LogP contribution in [0.4, 0.5) is 0 Å². The Balaban J connectivity index is 3.37. The Hall–Kier alpha value is 4.93. The highest BCUT2D eigenvalue weighted by Gasteiger charge is 3.08. The van der Waals surface area contributed by atoms with Gasteiger partial charge in [-0.15, -0.1) is 23.2 Å². The Bertz CT molecular complexity index is 634. The SMILES string of the molecule is Cl[C]1C(Cl)(Cl)C2(Cl)C(Cl)(Cl)C(Cl)(Cl)C1(C(Cl)(Cl)Cl)C2(C(Cl)(Cl)Cl)C(Cl)(Cl)Cl. The molecule has 27 heavy (non-hydrogen) atoms. The van der Waals surface area contributed by atoms with Crippen molar-refractivity contribution < 1.29 is 0 Å². The lowest BCUT2D eigenvalue weighted by Gasteiger charge is -2.56. The molecule has 2 aliphatic rings. The van der Waals surface area contributed by atoms with E-state index in [1.54, 1.807) is 0 Å². The molecule has 0 aromatic heterocycles. The Kier molecular flexibility index (Phi) is 7.54. The summed E-state index contributed by atoms with van der Waals surface area (Å²) in [7, 11) is 0. The molecule has 0 heterocycles. The molecule has 2 unspecified atom stereocenters. The number of rotatable bonds is 0. The molecule has 159 valence electrons. The molecule has 0 aromatic carbocycles. The van der Waals surface area contributed by atoms with Crippen molar-refractivity contribution in [3.8, 4) is 0 Å². The average Bonchev–Trinajstić information content (AvgIpc) is 2.57. The standard InChI is InChI=1S/C10Cl17/c11-1-2(8(19,20)21)4(9(22,23)24,10(25,26)27)5(14,3(1,12)13)7(17,18)6(2,15)16. The van der Waals surface area contributed by atoms with Gasteiger partial charge in [-0.3, -0.25) is 0 Å². The molecule has 2 fully saturated rings. The van der Waals surface area contributed by atoms with Crippen molar-refractivity contribution in [3.63, 3.8) is 0 Å². The first kappa shape index (κ1) is 28.2. The lowest BCUT2D eigenvalue weighted by Crippen LogP contribution is -2.67. The predicted molar refractivity (Wildman–Crippen MR) is 127 cm³/mol. The molecule has 2 atom stereocenters. The first-order chi connectivity index (χ1) is 11.4. The molecule has 17 heteroatoms. The molecule has 0 aromatic rings. The molecular formula is C10Cl17. The molecule has 0 spiro atoms. The fraction of sp³-hybridized carbons (Fsp3) is 0.900. The van der Waals surface area contributed by atoms with Crippen molar-refractivity contribution in [2.75, 3.05) is 0 Å². The second-order valence-corrected chi connectivity index (χ2v) is 17.5. The average molecular weight is 723 g/mol. The number of halogens is 17. The maximum Gasteiger partial charge on any atom is 0.203 e. The quantitative estimate of drug-likeness (QED) is 0.219. The van der Waals surface area contributed by atoms with Gasteiger partial charge in [0.25, 0.3) is 0 Å². The van der Waals surface area contributed by atoms with E-state index in [1.165, 1.54) is 0 Å². The molecule has 0 aliphatic heterocycles. The molecule has 2 saturated carbocycles. The Morgan fingerprint density at radius 2 is 0.852 bits per heavy atom. The zero-order valence-electron chi connectivity index (χ0n) is 11.4. The van der Waals surface area contributed by atoms with Crippen LogP contribution in [0.2, 0.25) is 0 Å². The lowest BCUT2D eigenvalue weighted by molar-refractivity contribution is 0.118. The van der Waals surface area contributed by atoms with Gasteiger partial charge in [-0.25, -0.2) is 0 Å². The van der Waals surface area contributed by atoms with E-state index in [0.29, 0.717) is 0 Å². The first-order valence-electron chi connectivity index (χ1n) is 5.96. The number of hydrogen-bond acceptors (Lipinski definition) is 0. The van der Waals surface area contributed by atoms with E-state index >= 15 is 0 Å². The molecule has 0 amide bonds. The van der Waals surface area contributed by atoms with Gasteiger partial charge in [0.05, 0.1) is 5.41 Å². The molecule has 0 N–H and O–H groups in total. The second kappa shape index (κ2) is 7.22.